The van der Waals surface area contributed by atoms with E-state index in [0.29, 0.717) is 0 Å². The van der Waals surface area contributed by atoms with Gasteiger partial charge in [0.1, 0.15) is 11.9 Å². The van der Waals surface area contributed by atoms with E-state index in [2.05, 4.69) is 0 Å². The van der Waals surface area contributed by atoms with E-state index in [0.717, 1.165) is 23.8 Å². The van der Waals surface area contributed by atoms with E-state index in [1.807, 2.05) is 65.8 Å². The lowest BCUT2D eigenvalue weighted by Gasteiger charge is -2.29. The predicted octanol–water partition coefficient (Wildman–Crippen LogP) is 4.05. The van der Waals surface area contributed by atoms with Gasteiger partial charge in [0.05, 0.1) is 5.60 Å². The number of rotatable bonds is 6. The number of hydrogen-bond acceptors (Lipinski definition) is 3. The third-order valence-corrected chi connectivity index (χ3v) is 2.94. The van der Waals surface area contributed by atoms with E-state index >= 15 is 0 Å². The van der Waals surface area contributed by atoms with Crippen molar-refractivity contribution >= 4 is 6.29 Å². The Hall–Kier alpha value is -1.19. The molecule has 1 aromatic carbocycles. The zero-order valence-electron chi connectivity index (χ0n) is 13.4. The number of carbonyl (C=O) groups excluding carboxylic acids is 1. The Morgan fingerprint density at radius 1 is 1.05 bits per heavy atom. The summed E-state index contributed by atoms with van der Waals surface area (Å²) in [6.45, 7) is 11.7. The molecule has 0 saturated heterocycles. The van der Waals surface area contributed by atoms with Crippen molar-refractivity contribution in [1.82, 2.24) is 0 Å². The summed E-state index contributed by atoms with van der Waals surface area (Å²) in [5, 5.41) is 0. The smallest absolute Gasteiger partial charge is 0.123 e. The molecule has 112 valence electrons. The first-order valence-electron chi connectivity index (χ1n) is 7.05. The molecule has 3 nitrogen and oxygen atoms in total. The third-order valence-electron chi connectivity index (χ3n) is 2.94. The van der Waals surface area contributed by atoms with Crippen molar-refractivity contribution < 1.29 is 14.6 Å². The zero-order chi connectivity index (χ0) is 15.4. The standard InChI is InChI=1S/C17H26O3/c1-13(12-18)11-14-7-9-15(10-8-14)17(5,6)20-19-16(2,3)4/h7-10,12-13H,11H2,1-6H3. The van der Waals surface area contributed by atoms with Gasteiger partial charge in [0.15, 0.2) is 0 Å². The molecule has 0 aromatic heterocycles. The second-order valence-corrected chi connectivity index (χ2v) is 6.80. The highest BCUT2D eigenvalue weighted by Crippen LogP contribution is 2.27. The molecule has 0 heterocycles. The number of hydrogen-bond donors (Lipinski definition) is 0. The average Bonchev–Trinajstić information content (AvgIpc) is 2.36. The Morgan fingerprint density at radius 3 is 2.05 bits per heavy atom. The molecule has 3 heteroatoms. The molecule has 0 N–H and O–H groups in total. The minimum absolute atomic E-state index is 0.0503. The fraction of sp³-hybridized carbons (Fsp3) is 0.588. The van der Waals surface area contributed by atoms with Gasteiger partial charge in [-0.2, -0.15) is 0 Å². The van der Waals surface area contributed by atoms with Gasteiger partial charge in [-0.05, 0) is 52.2 Å². The fourth-order valence-electron chi connectivity index (χ4n) is 1.74. The maximum atomic E-state index is 10.7. The third kappa shape index (κ3) is 5.43. The topological polar surface area (TPSA) is 35.5 Å². The Labute approximate surface area is 122 Å². The molecule has 1 atom stereocenters. The molecule has 1 aromatic rings. The van der Waals surface area contributed by atoms with Gasteiger partial charge in [0.25, 0.3) is 0 Å². The van der Waals surface area contributed by atoms with E-state index in [4.69, 9.17) is 9.78 Å². The first kappa shape index (κ1) is 16.9. The van der Waals surface area contributed by atoms with Gasteiger partial charge in [0.2, 0.25) is 0 Å². The van der Waals surface area contributed by atoms with Crippen LogP contribution < -0.4 is 0 Å². The van der Waals surface area contributed by atoms with Crippen molar-refractivity contribution in [3.8, 4) is 0 Å². The fourth-order valence-corrected chi connectivity index (χ4v) is 1.74. The molecule has 0 aliphatic heterocycles. The van der Waals surface area contributed by atoms with Crippen molar-refractivity contribution in [2.45, 2.75) is 59.2 Å². The Morgan fingerprint density at radius 2 is 1.60 bits per heavy atom. The van der Waals surface area contributed by atoms with Crippen LogP contribution in [0.5, 0.6) is 0 Å². The summed E-state index contributed by atoms with van der Waals surface area (Å²) >= 11 is 0. The molecule has 0 radical (unpaired) electrons. The molecule has 0 aliphatic rings. The molecule has 20 heavy (non-hydrogen) atoms. The minimum Gasteiger partial charge on any atom is -0.303 e. The maximum absolute atomic E-state index is 10.7. The molecule has 1 rings (SSSR count). The monoisotopic (exact) mass is 278 g/mol. The Balaban J connectivity index is 2.73. The second kappa shape index (κ2) is 6.51. The summed E-state index contributed by atoms with van der Waals surface area (Å²) in [6.07, 6.45) is 1.75. The van der Waals surface area contributed by atoms with E-state index in [9.17, 15) is 4.79 Å². The van der Waals surface area contributed by atoms with Crippen LogP contribution in [0, 0.1) is 5.92 Å². The SMILES string of the molecule is CC(C=O)Cc1ccc(C(C)(C)OOC(C)(C)C)cc1. The molecule has 0 fully saturated rings. The molecule has 0 bridgehead atoms. The van der Waals surface area contributed by atoms with Crippen LogP contribution >= 0.6 is 0 Å². The lowest BCUT2D eigenvalue weighted by atomic mass is 9.95. The quantitative estimate of drug-likeness (QED) is 0.447. The van der Waals surface area contributed by atoms with Crippen LogP contribution in [0.15, 0.2) is 24.3 Å². The summed E-state index contributed by atoms with van der Waals surface area (Å²) in [7, 11) is 0. The van der Waals surface area contributed by atoms with Gasteiger partial charge in [-0.25, -0.2) is 9.78 Å². The van der Waals surface area contributed by atoms with Crippen molar-refractivity contribution in [3.05, 3.63) is 35.4 Å². The van der Waals surface area contributed by atoms with Crippen LogP contribution in [0.2, 0.25) is 0 Å². The van der Waals surface area contributed by atoms with Crippen molar-refractivity contribution in [2.24, 2.45) is 5.92 Å². The van der Waals surface area contributed by atoms with E-state index < -0.39 is 5.60 Å². The van der Waals surface area contributed by atoms with Gasteiger partial charge in [-0.15, -0.1) is 0 Å². The highest BCUT2D eigenvalue weighted by molar-refractivity contribution is 5.53. The summed E-state index contributed by atoms with van der Waals surface area (Å²) < 4.78 is 0. The molecule has 0 aliphatic carbocycles. The molecular weight excluding hydrogens is 252 g/mol. The normalized spacial score (nSPS) is 14.1. The van der Waals surface area contributed by atoms with Crippen LogP contribution in [-0.2, 0) is 26.6 Å². The molecule has 1 unspecified atom stereocenters. The van der Waals surface area contributed by atoms with Gasteiger partial charge >= 0.3 is 0 Å². The lowest BCUT2D eigenvalue weighted by molar-refractivity contribution is -0.401. The summed E-state index contributed by atoms with van der Waals surface area (Å²) in [5.74, 6) is 0.0503. The first-order chi connectivity index (χ1) is 9.14. The van der Waals surface area contributed by atoms with Crippen LogP contribution in [0.25, 0.3) is 0 Å². The van der Waals surface area contributed by atoms with E-state index in [1.54, 1.807) is 0 Å². The van der Waals surface area contributed by atoms with Crippen molar-refractivity contribution in [3.63, 3.8) is 0 Å². The summed E-state index contributed by atoms with van der Waals surface area (Å²) in [6, 6.07) is 8.13. The van der Waals surface area contributed by atoms with Gasteiger partial charge in [-0.3, -0.25) is 0 Å². The van der Waals surface area contributed by atoms with Crippen molar-refractivity contribution in [2.75, 3.05) is 0 Å². The highest BCUT2D eigenvalue weighted by atomic mass is 17.2. The van der Waals surface area contributed by atoms with E-state index in [-0.39, 0.29) is 11.5 Å². The van der Waals surface area contributed by atoms with Gasteiger partial charge in [-0.1, -0.05) is 31.2 Å². The number of aldehydes is 1. The molecular formula is C17H26O3. The Bertz CT molecular complexity index is 427. The lowest BCUT2D eigenvalue weighted by Crippen LogP contribution is -2.28. The average molecular weight is 278 g/mol. The van der Waals surface area contributed by atoms with Crippen LogP contribution in [0.3, 0.4) is 0 Å². The van der Waals surface area contributed by atoms with Gasteiger partial charge in [0, 0.05) is 5.92 Å². The van der Waals surface area contributed by atoms with Crippen LogP contribution in [0.4, 0.5) is 0 Å². The van der Waals surface area contributed by atoms with E-state index in [1.165, 1.54) is 0 Å². The highest BCUT2D eigenvalue weighted by Gasteiger charge is 2.25. The number of benzene rings is 1. The molecule has 0 spiro atoms. The second-order valence-electron chi connectivity index (χ2n) is 6.80. The molecule has 0 saturated carbocycles. The Kier molecular flexibility index (Phi) is 5.49. The summed E-state index contributed by atoms with van der Waals surface area (Å²) in [4.78, 5) is 21.7. The van der Waals surface area contributed by atoms with Crippen LogP contribution in [0.1, 0.15) is 52.7 Å². The largest absolute Gasteiger partial charge is 0.303 e. The predicted molar refractivity (Wildman–Crippen MR) is 80.3 cm³/mol. The minimum atomic E-state index is -0.512. The zero-order valence-corrected chi connectivity index (χ0v) is 13.4. The van der Waals surface area contributed by atoms with Gasteiger partial charge < -0.3 is 4.79 Å². The maximum Gasteiger partial charge on any atom is 0.123 e. The van der Waals surface area contributed by atoms with Crippen LogP contribution in [-0.4, -0.2) is 11.9 Å². The molecule has 0 amide bonds. The summed E-state index contributed by atoms with van der Waals surface area (Å²) in [5.41, 5.74) is 1.35. The first-order valence-corrected chi connectivity index (χ1v) is 7.05. The van der Waals surface area contributed by atoms with Crippen molar-refractivity contribution in [1.29, 1.82) is 0 Å². The number of carbonyl (C=O) groups is 1.